The molecule has 0 aromatic carbocycles. The minimum Gasteiger partial charge on any atom is -0.480 e. The third-order valence-electron chi connectivity index (χ3n) is 5.11. The molecule has 0 aliphatic rings. The lowest BCUT2D eigenvalue weighted by Gasteiger charge is -2.27. The minimum absolute atomic E-state index is 0.0718. The number of nitrogens with two attached hydrogens (primary N) is 3. The number of aliphatic carboxylic acids is 1. The van der Waals surface area contributed by atoms with Gasteiger partial charge in [0, 0.05) is 6.54 Å². The van der Waals surface area contributed by atoms with Crippen LogP contribution in [0.4, 0.5) is 0 Å². The Morgan fingerprint density at radius 1 is 0.938 bits per heavy atom. The van der Waals surface area contributed by atoms with Crippen LogP contribution in [-0.2, 0) is 19.2 Å². The zero-order valence-corrected chi connectivity index (χ0v) is 19.6. The molecule has 0 bridgehead atoms. The summed E-state index contributed by atoms with van der Waals surface area (Å²) in [6, 6.07) is -3.89. The molecule has 12 nitrogen and oxygen atoms in total. The van der Waals surface area contributed by atoms with E-state index in [1.54, 1.807) is 13.8 Å². The van der Waals surface area contributed by atoms with Crippen molar-refractivity contribution in [2.45, 2.75) is 78.0 Å². The average Bonchev–Trinajstić information content (AvgIpc) is 2.71. The van der Waals surface area contributed by atoms with Gasteiger partial charge in [-0.15, -0.1) is 0 Å². The highest BCUT2D eigenvalue weighted by molar-refractivity contribution is 5.94. The third-order valence-corrected chi connectivity index (χ3v) is 5.11. The van der Waals surface area contributed by atoms with E-state index < -0.39 is 47.9 Å². The van der Waals surface area contributed by atoms with Gasteiger partial charge in [-0.2, -0.15) is 0 Å². The number of amides is 3. The molecule has 0 heterocycles. The Bertz CT molecular complexity index is 679. The normalized spacial score (nSPS) is 15.6. The zero-order valence-electron chi connectivity index (χ0n) is 19.6. The smallest absolute Gasteiger partial charge is 0.325 e. The first kappa shape index (κ1) is 29.1. The van der Waals surface area contributed by atoms with E-state index in [4.69, 9.17) is 22.3 Å². The molecule has 0 aromatic rings. The van der Waals surface area contributed by atoms with Crippen LogP contribution >= 0.6 is 0 Å². The number of carbonyl (C=O) groups excluding carboxylic acids is 3. The quantitative estimate of drug-likeness (QED) is 0.0935. The molecule has 32 heavy (non-hydrogen) atoms. The van der Waals surface area contributed by atoms with Crippen LogP contribution < -0.4 is 33.2 Å². The van der Waals surface area contributed by atoms with Crippen LogP contribution in [0.25, 0.3) is 0 Å². The van der Waals surface area contributed by atoms with Gasteiger partial charge in [-0.05, 0) is 31.6 Å². The van der Waals surface area contributed by atoms with Crippen molar-refractivity contribution in [3.63, 3.8) is 0 Å². The highest BCUT2D eigenvalue weighted by atomic mass is 16.4. The summed E-state index contributed by atoms with van der Waals surface area (Å²) in [5.41, 5.74) is 16.5. The van der Waals surface area contributed by atoms with Gasteiger partial charge in [0.2, 0.25) is 17.7 Å². The van der Waals surface area contributed by atoms with E-state index in [-0.39, 0.29) is 30.8 Å². The summed E-state index contributed by atoms with van der Waals surface area (Å²) < 4.78 is 0. The van der Waals surface area contributed by atoms with Crippen LogP contribution in [0.1, 0.15) is 53.9 Å². The molecule has 12 heteroatoms. The van der Waals surface area contributed by atoms with Crippen LogP contribution in [0.3, 0.4) is 0 Å². The van der Waals surface area contributed by atoms with E-state index >= 15 is 0 Å². The number of carbonyl (C=O) groups is 4. The maximum Gasteiger partial charge on any atom is 0.325 e. The molecule has 10 N–H and O–H groups in total. The predicted molar refractivity (Wildman–Crippen MR) is 121 cm³/mol. The molecular weight excluding hydrogens is 418 g/mol. The van der Waals surface area contributed by atoms with Gasteiger partial charge in [0.25, 0.3) is 0 Å². The molecule has 0 radical (unpaired) electrons. The van der Waals surface area contributed by atoms with E-state index in [2.05, 4.69) is 20.9 Å². The second kappa shape index (κ2) is 14.2. The van der Waals surface area contributed by atoms with Crippen molar-refractivity contribution in [2.24, 2.45) is 34.0 Å². The first-order chi connectivity index (χ1) is 14.8. The van der Waals surface area contributed by atoms with E-state index in [1.165, 1.54) is 6.92 Å². The second-order valence-corrected chi connectivity index (χ2v) is 8.22. The summed E-state index contributed by atoms with van der Waals surface area (Å²) in [5.74, 6) is -3.37. The van der Waals surface area contributed by atoms with Gasteiger partial charge in [0.1, 0.15) is 18.1 Å². The number of hydrogen-bond donors (Lipinski definition) is 7. The summed E-state index contributed by atoms with van der Waals surface area (Å²) in [6.45, 7) is 8.79. The summed E-state index contributed by atoms with van der Waals surface area (Å²) in [4.78, 5) is 52.9. The Labute approximate surface area is 189 Å². The topological polar surface area (TPSA) is 215 Å². The van der Waals surface area contributed by atoms with Gasteiger partial charge in [-0.3, -0.25) is 24.2 Å². The predicted octanol–water partition coefficient (Wildman–Crippen LogP) is -1.37. The van der Waals surface area contributed by atoms with Crippen LogP contribution in [0.15, 0.2) is 4.99 Å². The fourth-order valence-electron chi connectivity index (χ4n) is 2.71. The number of carboxylic acid groups (broad SMARTS) is 1. The first-order valence-electron chi connectivity index (χ1n) is 10.8. The van der Waals surface area contributed by atoms with Crippen LogP contribution in [0, 0.1) is 11.8 Å². The van der Waals surface area contributed by atoms with Crippen LogP contribution in [-0.4, -0.2) is 65.5 Å². The Kier molecular flexibility index (Phi) is 12.9. The van der Waals surface area contributed by atoms with Crippen molar-refractivity contribution >= 4 is 29.7 Å². The van der Waals surface area contributed by atoms with Crippen molar-refractivity contribution in [3.05, 3.63) is 0 Å². The fraction of sp³-hybridized carbons (Fsp3) is 0.750. The lowest BCUT2D eigenvalue weighted by atomic mass is 9.97. The standard InChI is InChI=1S/C20H39N7O5/c1-6-11(4)14(21)17(29)27-15(10(2)3)18(30)26-13(8-7-9-24-20(22)23)16(28)25-12(5)19(31)32/h10-15H,6-9,21H2,1-5H3,(H,25,28)(H,26,30)(H,27,29)(H,31,32)(H4,22,23,24). The Morgan fingerprint density at radius 2 is 1.53 bits per heavy atom. The summed E-state index contributed by atoms with van der Waals surface area (Å²) in [5, 5.41) is 16.6. The summed E-state index contributed by atoms with van der Waals surface area (Å²) >= 11 is 0. The fourth-order valence-corrected chi connectivity index (χ4v) is 2.71. The molecule has 0 aliphatic carbocycles. The van der Waals surface area contributed by atoms with Crippen molar-refractivity contribution in [1.82, 2.24) is 16.0 Å². The van der Waals surface area contributed by atoms with Crippen molar-refractivity contribution in [1.29, 1.82) is 0 Å². The van der Waals surface area contributed by atoms with Crippen LogP contribution in [0.2, 0.25) is 0 Å². The SMILES string of the molecule is CCC(C)C(N)C(=O)NC(C(=O)NC(CCCN=C(N)N)C(=O)NC(C)C(=O)O)C(C)C. The summed E-state index contributed by atoms with van der Waals surface area (Å²) in [6.07, 6.45) is 1.22. The molecule has 0 saturated heterocycles. The third kappa shape index (κ3) is 10.4. The monoisotopic (exact) mass is 457 g/mol. The largest absolute Gasteiger partial charge is 0.480 e. The lowest BCUT2D eigenvalue weighted by molar-refractivity contribution is -0.142. The molecule has 184 valence electrons. The molecular formula is C20H39N7O5. The van der Waals surface area contributed by atoms with Crippen molar-refractivity contribution in [2.75, 3.05) is 6.54 Å². The maximum atomic E-state index is 12.9. The molecule has 0 rings (SSSR count). The Morgan fingerprint density at radius 3 is 2.00 bits per heavy atom. The average molecular weight is 458 g/mol. The molecule has 0 saturated carbocycles. The molecule has 0 aliphatic heterocycles. The number of rotatable bonds is 14. The minimum atomic E-state index is -1.21. The maximum absolute atomic E-state index is 12.9. The summed E-state index contributed by atoms with van der Waals surface area (Å²) in [7, 11) is 0. The van der Waals surface area contributed by atoms with Crippen LogP contribution in [0.5, 0.6) is 0 Å². The Balaban J connectivity index is 5.39. The zero-order chi connectivity index (χ0) is 25.0. The van der Waals surface area contributed by atoms with Gasteiger partial charge in [0.05, 0.1) is 6.04 Å². The van der Waals surface area contributed by atoms with Gasteiger partial charge in [-0.1, -0.05) is 34.1 Å². The Hall–Kier alpha value is -2.89. The van der Waals surface area contributed by atoms with E-state index in [0.29, 0.717) is 12.8 Å². The molecule has 0 spiro atoms. The lowest BCUT2D eigenvalue weighted by Crippen LogP contribution is -2.58. The molecule has 0 fully saturated rings. The van der Waals surface area contributed by atoms with Gasteiger partial charge in [-0.25, -0.2) is 0 Å². The van der Waals surface area contributed by atoms with E-state index in [1.807, 2.05) is 13.8 Å². The molecule has 0 aromatic heterocycles. The first-order valence-corrected chi connectivity index (χ1v) is 10.8. The highest BCUT2D eigenvalue weighted by Gasteiger charge is 2.31. The van der Waals surface area contributed by atoms with Crippen molar-refractivity contribution < 1.29 is 24.3 Å². The number of carboxylic acids is 1. The van der Waals surface area contributed by atoms with Gasteiger partial charge < -0.3 is 38.3 Å². The number of hydrogen-bond acceptors (Lipinski definition) is 6. The van der Waals surface area contributed by atoms with E-state index in [9.17, 15) is 19.2 Å². The number of nitrogens with zero attached hydrogens (tertiary/aromatic N) is 1. The molecule has 5 unspecified atom stereocenters. The van der Waals surface area contributed by atoms with Gasteiger partial charge in [0.15, 0.2) is 5.96 Å². The van der Waals surface area contributed by atoms with Gasteiger partial charge >= 0.3 is 5.97 Å². The number of nitrogens with one attached hydrogen (secondary N) is 3. The second-order valence-electron chi connectivity index (χ2n) is 8.22. The molecule has 5 atom stereocenters. The number of guanidine groups is 1. The van der Waals surface area contributed by atoms with E-state index in [0.717, 1.165) is 0 Å². The molecule has 3 amide bonds. The van der Waals surface area contributed by atoms with Crippen molar-refractivity contribution in [3.8, 4) is 0 Å². The number of aliphatic imine (C=N–C) groups is 1. The highest BCUT2D eigenvalue weighted by Crippen LogP contribution is 2.09.